The molecule has 1 saturated heterocycles. The lowest BCUT2D eigenvalue weighted by Crippen LogP contribution is -2.47. The lowest BCUT2D eigenvalue weighted by molar-refractivity contribution is -0.115. The van der Waals surface area contributed by atoms with Gasteiger partial charge in [0.05, 0.1) is 40.7 Å². The molecule has 1 fully saturated rings. The van der Waals surface area contributed by atoms with Gasteiger partial charge in [0.2, 0.25) is 11.7 Å². The minimum Gasteiger partial charge on any atom is -0.497 e. The van der Waals surface area contributed by atoms with Crippen molar-refractivity contribution in [3.05, 3.63) is 65.7 Å². The number of carbonyl (C=O) groups is 1. The third-order valence-electron chi connectivity index (χ3n) is 7.91. The first kappa shape index (κ1) is 30.8. The molecule has 0 spiro atoms. The van der Waals surface area contributed by atoms with Crippen LogP contribution in [-0.4, -0.2) is 90.0 Å². The maximum absolute atomic E-state index is 13.0. The number of benzene rings is 3. The number of amides is 1. The molecule has 3 aromatic rings. The number of nitrogens with zero attached hydrogens (tertiary/aromatic N) is 2. The van der Waals surface area contributed by atoms with Crippen molar-refractivity contribution in [1.29, 1.82) is 0 Å². The van der Waals surface area contributed by atoms with E-state index in [1.54, 1.807) is 40.2 Å². The molecule has 0 aliphatic carbocycles. The van der Waals surface area contributed by atoms with Crippen molar-refractivity contribution in [3.8, 4) is 28.7 Å². The van der Waals surface area contributed by atoms with E-state index in [1.165, 1.54) is 5.56 Å². The van der Waals surface area contributed by atoms with Crippen LogP contribution in [0.2, 0.25) is 0 Å². The van der Waals surface area contributed by atoms with E-state index in [2.05, 4.69) is 15.1 Å². The highest BCUT2D eigenvalue weighted by Gasteiger charge is 2.31. The molecular formula is C33H41N3O6S. The van der Waals surface area contributed by atoms with Crippen LogP contribution in [0.15, 0.2) is 59.5 Å². The maximum Gasteiger partial charge on any atom is 0.242 e. The summed E-state index contributed by atoms with van der Waals surface area (Å²) in [6, 6.07) is 17.6. The molecule has 2 aliphatic rings. The molecule has 0 aromatic heterocycles. The van der Waals surface area contributed by atoms with Crippen LogP contribution in [-0.2, 0) is 11.2 Å². The van der Waals surface area contributed by atoms with Crippen LogP contribution >= 0.6 is 11.8 Å². The maximum atomic E-state index is 13.0. The predicted octanol–water partition coefficient (Wildman–Crippen LogP) is 5.14. The number of rotatable bonds is 13. The van der Waals surface area contributed by atoms with E-state index in [1.807, 2.05) is 54.6 Å². The van der Waals surface area contributed by atoms with E-state index in [9.17, 15) is 4.79 Å². The van der Waals surface area contributed by atoms with Gasteiger partial charge >= 0.3 is 0 Å². The van der Waals surface area contributed by atoms with Crippen molar-refractivity contribution in [2.75, 3.05) is 79.6 Å². The van der Waals surface area contributed by atoms with E-state index in [-0.39, 0.29) is 5.91 Å². The molecule has 43 heavy (non-hydrogen) atoms. The summed E-state index contributed by atoms with van der Waals surface area (Å²) in [6.07, 6.45) is 1.82. The number of hydrogen-bond acceptors (Lipinski definition) is 9. The summed E-state index contributed by atoms with van der Waals surface area (Å²) in [5, 5.41) is 2.63. The number of anilines is 1. The summed E-state index contributed by atoms with van der Waals surface area (Å²) >= 11 is 1.54. The monoisotopic (exact) mass is 607 g/mol. The number of methoxy groups -OCH3 is 4. The fourth-order valence-electron chi connectivity index (χ4n) is 5.52. The second kappa shape index (κ2) is 14.7. The van der Waals surface area contributed by atoms with Gasteiger partial charge in [-0.05, 0) is 60.9 Å². The Balaban J connectivity index is 1.09. The molecule has 1 amide bonds. The molecule has 0 radical (unpaired) electrons. The molecule has 2 heterocycles. The van der Waals surface area contributed by atoms with Crippen LogP contribution < -0.4 is 29.0 Å². The van der Waals surface area contributed by atoms with Crippen LogP contribution in [0.1, 0.15) is 22.8 Å². The van der Waals surface area contributed by atoms with E-state index < -0.39 is 5.25 Å². The Labute approximate surface area is 258 Å². The van der Waals surface area contributed by atoms with E-state index in [4.69, 9.17) is 23.7 Å². The summed E-state index contributed by atoms with van der Waals surface area (Å²) in [4.78, 5) is 19.1. The fraction of sp³-hybridized carbons (Fsp3) is 0.424. The van der Waals surface area contributed by atoms with Crippen molar-refractivity contribution in [2.24, 2.45) is 0 Å². The van der Waals surface area contributed by atoms with Gasteiger partial charge in [-0.3, -0.25) is 4.79 Å². The summed E-state index contributed by atoms with van der Waals surface area (Å²) in [6.45, 7) is 6.65. The molecule has 10 heteroatoms. The zero-order chi connectivity index (χ0) is 30.2. The first-order valence-electron chi connectivity index (χ1n) is 14.6. The van der Waals surface area contributed by atoms with Crippen LogP contribution in [0.25, 0.3) is 0 Å². The summed E-state index contributed by atoms with van der Waals surface area (Å²) in [7, 11) is 6.55. The number of thioether (sulfide) groups is 1. The van der Waals surface area contributed by atoms with Gasteiger partial charge in [0.15, 0.2) is 11.5 Å². The van der Waals surface area contributed by atoms with Gasteiger partial charge in [-0.1, -0.05) is 12.1 Å². The Hall–Kier alpha value is -3.60. The molecule has 1 unspecified atom stereocenters. The van der Waals surface area contributed by atoms with E-state index >= 15 is 0 Å². The van der Waals surface area contributed by atoms with Crippen LogP contribution in [0.5, 0.6) is 28.7 Å². The lowest BCUT2D eigenvalue weighted by atomic mass is 10.1. The largest absolute Gasteiger partial charge is 0.497 e. The first-order valence-corrected chi connectivity index (χ1v) is 15.5. The number of nitrogens with one attached hydrogen (secondary N) is 1. The second-order valence-corrected chi connectivity index (χ2v) is 11.7. The molecule has 1 atom stereocenters. The molecule has 3 aromatic carbocycles. The normalized spacial score (nSPS) is 17.1. The minimum atomic E-state index is -0.409. The van der Waals surface area contributed by atoms with Gasteiger partial charge in [0, 0.05) is 49.7 Å². The predicted molar refractivity (Wildman–Crippen MR) is 169 cm³/mol. The zero-order valence-electron chi connectivity index (χ0n) is 25.4. The smallest absolute Gasteiger partial charge is 0.242 e. The topological polar surface area (TPSA) is 81.7 Å². The highest BCUT2D eigenvalue weighted by atomic mass is 32.2. The minimum absolute atomic E-state index is 0.0510. The quantitative estimate of drug-likeness (QED) is 0.266. The molecule has 9 nitrogen and oxygen atoms in total. The van der Waals surface area contributed by atoms with Crippen LogP contribution in [0.3, 0.4) is 0 Å². The Bertz CT molecular complexity index is 1370. The van der Waals surface area contributed by atoms with Gasteiger partial charge in [0.25, 0.3) is 0 Å². The standard InChI is InChI=1S/C33H41N3O6S/c1-38-24-10-11-27(25(22-24)32-33(37)34-26-8-5-6-9-30(26)43-32)42-19-7-13-35-15-17-36(18-16-35)14-12-23-20-28(39-2)31(41-4)29(21-23)40-3/h5-6,8-11,20-22,32H,7,12-19H2,1-4H3,(H,34,37). The zero-order valence-corrected chi connectivity index (χ0v) is 26.2. The van der Waals surface area contributed by atoms with Gasteiger partial charge in [-0.15, -0.1) is 11.8 Å². The van der Waals surface area contributed by atoms with Gasteiger partial charge in [-0.25, -0.2) is 0 Å². The Morgan fingerprint density at radius 2 is 1.51 bits per heavy atom. The number of hydrogen-bond donors (Lipinski definition) is 1. The summed E-state index contributed by atoms with van der Waals surface area (Å²) in [5.41, 5.74) is 2.85. The second-order valence-electron chi connectivity index (χ2n) is 10.6. The molecule has 1 N–H and O–H groups in total. The van der Waals surface area contributed by atoms with Crippen molar-refractivity contribution < 1.29 is 28.5 Å². The highest BCUT2D eigenvalue weighted by Crippen LogP contribution is 2.47. The van der Waals surface area contributed by atoms with Gasteiger partial charge < -0.3 is 38.8 Å². The van der Waals surface area contributed by atoms with Crippen molar-refractivity contribution >= 4 is 23.4 Å². The number of carbonyl (C=O) groups excluding carboxylic acids is 1. The van der Waals surface area contributed by atoms with Gasteiger partial charge in [-0.2, -0.15) is 0 Å². The Morgan fingerprint density at radius 1 is 0.814 bits per heavy atom. The first-order chi connectivity index (χ1) is 21.0. The molecular weight excluding hydrogens is 566 g/mol. The van der Waals surface area contributed by atoms with E-state index in [0.717, 1.165) is 74.0 Å². The fourth-order valence-corrected chi connectivity index (χ4v) is 6.65. The third kappa shape index (κ3) is 7.49. The molecule has 230 valence electrons. The van der Waals surface area contributed by atoms with Crippen LogP contribution in [0.4, 0.5) is 5.69 Å². The summed E-state index contributed by atoms with van der Waals surface area (Å²) in [5.74, 6) is 3.39. The van der Waals surface area contributed by atoms with Crippen molar-refractivity contribution in [1.82, 2.24) is 9.80 Å². The Morgan fingerprint density at radius 3 is 2.19 bits per heavy atom. The number of piperazine rings is 1. The molecule has 5 rings (SSSR count). The van der Waals surface area contributed by atoms with E-state index in [0.29, 0.717) is 29.6 Å². The number of fused-ring (bicyclic) bond motifs is 1. The van der Waals surface area contributed by atoms with Crippen molar-refractivity contribution in [2.45, 2.75) is 23.0 Å². The van der Waals surface area contributed by atoms with Crippen LogP contribution in [0, 0.1) is 0 Å². The average Bonchev–Trinajstić information content (AvgIpc) is 3.05. The van der Waals surface area contributed by atoms with Crippen molar-refractivity contribution in [3.63, 3.8) is 0 Å². The number of ether oxygens (including phenoxy) is 5. The highest BCUT2D eigenvalue weighted by molar-refractivity contribution is 8.00. The van der Waals surface area contributed by atoms with Gasteiger partial charge in [0.1, 0.15) is 16.7 Å². The Kier molecular flexibility index (Phi) is 10.6. The molecule has 2 aliphatic heterocycles. The SMILES string of the molecule is COc1ccc(OCCCN2CCN(CCc3cc(OC)c(OC)c(OC)c3)CC2)c(C2Sc3ccccc3NC2=O)c1. The third-order valence-corrected chi connectivity index (χ3v) is 9.22. The average molecular weight is 608 g/mol. The number of para-hydroxylation sites is 1. The lowest BCUT2D eigenvalue weighted by Gasteiger charge is -2.34. The summed E-state index contributed by atoms with van der Waals surface area (Å²) < 4.78 is 28.2. The molecule has 0 bridgehead atoms. The molecule has 0 saturated carbocycles.